The highest BCUT2D eigenvalue weighted by Gasteiger charge is 2.30. The quantitative estimate of drug-likeness (QED) is 0.228. The van der Waals surface area contributed by atoms with Crippen molar-refractivity contribution in [2.75, 3.05) is 11.9 Å². The number of ether oxygens (including phenoxy) is 1. The molecular formula is C24H38ClN5O5. The third-order valence-corrected chi connectivity index (χ3v) is 5.27. The summed E-state index contributed by atoms with van der Waals surface area (Å²) < 4.78 is 5.26. The molecule has 0 saturated heterocycles. The monoisotopic (exact) mass is 511 g/mol. The van der Waals surface area contributed by atoms with Crippen molar-refractivity contribution in [2.45, 2.75) is 77.9 Å². The van der Waals surface area contributed by atoms with E-state index in [-0.39, 0.29) is 18.9 Å². The number of hydrogen-bond acceptors (Lipinski definition) is 5. The van der Waals surface area contributed by atoms with E-state index in [9.17, 15) is 19.2 Å². The zero-order valence-corrected chi connectivity index (χ0v) is 22.0. The summed E-state index contributed by atoms with van der Waals surface area (Å²) in [6, 6.07) is 2.83. The SMILES string of the molecule is Cc1cc(NC(=O)[C@H](CCCNC(N)=O)NC(=O)[C@@H](NC(=O)OC(C)(C)C)C(C)C)ccc1CCl. The molecule has 6 N–H and O–H groups in total. The molecule has 10 nitrogen and oxygen atoms in total. The van der Waals surface area contributed by atoms with E-state index in [0.29, 0.717) is 18.0 Å². The van der Waals surface area contributed by atoms with Crippen molar-refractivity contribution >= 4 is 41.2 Å². The first-order chi connectivity index (χ1) is 16.2. The molecule has 0 bridgehead atoms. The maximum atomic E-state index is 13.1. The first-order valence-electron chi connectivity index (χ1n) is 11.5. The molecule has 5 amide bonds. The number of carbonyl (C=O) groups is 4. The van der Waals surface area contributed by atoms with Crippen LogP contribution >= 0.6 is 11.6 Å². The lowest BCUT2D eigenvalue weighted by Gasteiger charge is -2.27. The van der Waals surface area contributed by atoms with Crippen molar-refractivity contribution in [1.29, 1.82) is 0 Å². The molecule has 11 heteroatoms. The maximum Gasteiger partial charge on any atom is 0.408 e. The molecular weight excluding hydrogens is 474 g/mol. The molecule has 2 atom stereocenters. The third kappa shape index (κ3) is 11.3. The maximum absolute atomic E-state index is 13.1. The fraction of sp³-hybridized carbons (Fsp3) is 0.583. The van der Waals surface area contributed by atoms with Gasteiger partial charge in [-0.3, -0.25) is 9.59 Å². The second kappa shape index (κ2) is 13.8. The summed E-state index contributed by atoms with van der Waals surface area (Å²) in [4.78, 5) is 49.3. The van der Waals surface area contributed by atoms with Crippen LogP contribution in [0.1, 0.15) is 58.6 Å². The molecule has 0 fully saturated rings. The van der Waals surface area contributed by atoms with Gasteiger partial charge in [-0.1, -0.05) is 19.9 Å². The van der Waals surface area contributed by atoms with Gasteiger partial charge in [0.05, 0.1) is 0 Å². The van der Waals surface area contributed by atoms with Gasteiger partial charge in [-0.2, -0.15) is 0 Å². The third-order valence-electron chi connectivity index (χ3n) is 4.98. The van der Waals surface area contributed by atoms with Gasteiger partial charge in [0, 0.05) is 18.1 Å². The minimum atomic E-state index is -0.924. The number of primary amides is 1. The van der Waals surface area contributed by atoms with Crippen LogP contribution in [0.5, 0.6) is 0 Å². The number of benzene rings is 1. The summed E-state index contributed by atoms with van der Waals surface area (Å²) in [5.74, 6) is -0.876. The lowest BCUT2D eigenvalue weighted by Crippen LogP contribution is -2.55. The Morgan fingerprint density at radius 3 is 2.26 bits per heavy atom. The molecule has 0 aliphatic rings. The number of alkyl carbamates (subject to hydrolysis) is 1. The van der Waals surface area contributed by atoms with E-state index in [0.717, 1.165) is 11.1 Å². The van der Waals surface area contributed by atoms with Crippen molar-refractivity contribution < 1.29 is 23.9 Å². The summed E-state index contributed by atoms with van der Waals surface area (Å²) >= 11 is 5.91. The molecule has 0 spiro atoms. The van der Waals surface area contributed by atoms with E-state index in [2.05, 4.69) is 21.3 Å². The fourth-order valence-corrected chi connectivity index (χ4v) is 3.47. The highest BCUT2D eigenvalue weighted by Crippen LogP contribution is 2.17. The number of nitrogens with one attached hydrogen (secondary N) is 4. The normalized spacial score (nSPS) is 12.9. The average Bonchev–Trinajstić information content (AvgIpc) is 2.72. The van der Waals surface area contributed by atoms with Crippen molar-refractivity contribution in [3.05, 3.63) is 29.3 Å². The van der Waals surface area contributed by atoms with E-state index in [4.69, 9.17) is 22.1 Å². The predicted molar refractivity (Wildman–Crippen MR) is 136 cm³/mol. The van der Waals surface area contributed by atoms with Crippen LogP contribution in [-0.4, -0.2) is 48.2 Å². The molecule has 0 radical (unpaired) electrons. The van der Waals surface area contributed by atoms with Crippen LogP contribution in [0.15, 0.2) is 18.2 Å². The van der Waals surface area contributed by atoms with Crippen LogP contribution in [0.3, 0.4) is 0 Å². The molecule has 0 aromatic heterocycles. The van der Waals surface area contributed by atoms with Crippen molar-refractivity contribution in [3.63, 3.8) is 0 Å². The van der Waals surface area contributed by atoms with Gasteiger partial charge < -0.3 is 31.7 Å². The number of hydrogen-bond donors (Lipinski definition) is 5. The van der Waals surface area contributed by atoms with Crippen molar-refractivity contribution in [2.24, 2.45) is 11.7 Å². The molecule has 0 unspecified atom stereocenters. The standard InChI is InChI=1S/C24H38ClN5O5/c1-14(2)19(30-23(34)35-24(4,5)6)21(32)29-18(8-7-11-27-22(26)33)20(31)28-17-10-9-16(13-25)15(3)12-17/h9-10,12,14,18-19H,7-8,11,13H2,1-6H3,(H,28,31)(H,29,32)(H,30,34)(H3,26,27,33)/t18-,19-/m0/s1. The van der Waals surface area contributed by atoms with Crippen molar-refractivity contribution in [1.82, 2.24) is 16.0 Å². The Labute approximate surface area is 212 Å². The summed E-state index contributed by atoms with van der Waals surface area (Å²) in [7, 11) is 0. The molecule has 1 aromatic carbocycles. The summed E-state index contributed by atoms with van der Waals surface area (Å²) in [6.07, 6.45) is -0.113. The van der Waals surface area contributed by atoms with Crippen molar-refractivity contribution in [3.8, 4) is 0 Å². The van der Waals surface area contributed by atoms with Crippen LogP contribution in [0.25, 0.3) is 0 Å². The van der Waals surface area contributed by atoms with Gasteiger partial charge in [0.1, 0.15) is 17.7 Å². The number of anilines is 1. The Kier molecular flexibility index (Phi) is 11.8. The predicted octanol–water partition coefficient (Wildman–Crippen LogP) is 3.15. The number of aryl methyl sites for hydroxylation is 1. The van der Waals surface area contributed by atoms with E-state index in [1.807, 2.05) is 13.0 Å². The summed E-state index contributed by atoms with van der Waals surface area (Å²) in [6.45, 7) is 10.8. The lowest BCUT2D eigenvalue weighted by atomic mass is 10.0. The number of urea groups is 1. The zero-order valence-electron chi connectivity index (χ0n) is 21.3. The van der Waals surface area contributed by atoms with Gasteiger partial charge in [-0.05, 0) is 69.7 Å². The van der Waals surface area contributed by atoms with E-state index >= 15 is 0 Å². The highest BCUT2D eigenvalue weighted by molar-refractivity contribution is 6.17. The average molecular weight is 512 g/mol. The Morgan fingerprint density at radius 2 is 1.74 bits per heavy atom. The van der Waals surface area contributed by atoms with E-state index < -0.39 is 41.6 Å². The minimum Gasteiger partial charge on any atom is -0.444 e. The fourth-order valence-electron chi connectivity index (χ4n) is 3.17. The van der Waals surface area contributed by atoms with Crippen LogP contribution < -0.4 is 27.0 Å². The van der Waals surface area contributed by atoms with Gasteiger partial charge >= 0.3 is 12.1 Å². The second-order valence-electron chi connectivity index (χ2n) is 9.63. The van der Waals surface area contributed by atoms with E-state index in [1.165, 1.54) is 0 Å². The molecule has 196 valence electrons. The van der Waals surface area contributed by atoms with Gasteiger partial charge in [0.2, 0.25) is 11.8 Å². The lowest BCUT2D eigenvalue weighted by molar-refractivity contribution is -0.128. The molecule has 0 aliphatic carbocycles. The highest BCUT2D eigenvalue weighted by atomic mass is 35.5. The molecule has 0 saturated carbocycles. The minimum absolute atomic E-state index is 0.230. The van der Waals surface area contributed by atoms with Crippen LogP contribution in [0.4, 0.5) is 15.3 Å². The molecule has 0 heterocycles. The Morgan fingerprint density at radius 1 is 1.09 bits per heavy atom. The van der Waals surface area contributed by atoms with E-state index in [1.54, 1.807) is 46.8 Å². The number of rotatable bonds is 11. The zero-order chi connectivity index (χ0) is 26.8. The molecule has 1 aromatic rings. The first-order valence-corrected chi connectivity index (χ1v) is 12.1. The van der Waals surface area contributed by atoms with Gasteiger partial charge in [-0.15, -0.1) is 11.6 Å². The summed E-state index contributed by atoms with van der Waals surface area (Å²) in [5, 5.41) is 10.6. The second-order valence-corrected chi connectivity index (χ2v) is 9.89. The smallest absolute Gasteiger partial charge is 0.408 e. The number of halogens is 1. The van der Waals surface area contributed by atoms with Crippen LogP contribution in [-0.2, 0) is 20.2 Å². The molecule has 1 rings (SSSR count). The number of carbonyl (C=O) groups excluding carboxylic acids is 4. The van der Waals surface area contributed by atoms with Gasteiger partial charge in [0.15, 0.2) is 0 Å². The Bertz CT molecular complexity index is 901. The topological polar surface area (TPSA) is 152 Å². The Hall–Kier alpha value is -3.01. The number of amides is 5. The number of alkyl halides is 1. The number of nitrogens with two attached hydrogens (primary N) is 1. The van der Waals surface area contributed by atoms with Crippen LogP contribution in [0, 0.1) is 12.8 Å². The summed E-state index contributed by atoms with van der Waals surface area (Å²) in [5.41, 5.74) is 6.79. The largest absolute Gasteiger partial charge is 0.444 e. The first kappa shape index (κ1) is 30.0. The molecule has 0 aliphatic heterocycles. The van der Waals surface area contributed by atoms with Gasteiger partial charge in [-0.25, -0.2) is 9.59 Å². The molecule has 35 heavy (non-hydrogen) atoms. The van der Waals surface area contributed by atoms with Crippen LogP contribution in [0.2, 0.25) is 0 Å². The van der Waals surface area contributed by atoms with Gasteiger partial charge in [0.25, 0.3) is 0 Å². The Balaban J connectivity index is 2.98.